The lowest BCUT2D eigenvalue weighted by Gasteiger charge is -2.16. The second-order valence-electron chi connectivity index (χ2n) is 5.98. The van der Waals surface area contributed by atoms with E-state index >= 15 is 0 Å². The van der Waals surface area contributed by atoms with Crippen molar-refractivity contribution in [2.75, 3.05) is 13.1 Å². The zero-order valence-electron chi connectivity index (χ0n) is 13.2. The van der Waals surface area contributed by atoms with Crippen LogP contribution in [0.15, 0.2) is 55.4 Å². The number of amides is 1. The van der Waals surface area contributed by atoms with Crippen LogP contribution in [0.25, 0.3) is 0 Å². The molecule has 24 heavy (non-hydrogen) atoms. The molecular formula is C17H18N6O. The fourth-order valence-electron chi connectivity index (χ4n) is 3.06. The molecule has 0 N–H and O–H groups in total. The number of rotatable bonds is 4. The van der Waals surface area contributed by atoms with Gasteiger partial charge in [0.1, 0.15) is 0 Å². The fraction of sp³-hybridized carbons (Fsp3) is 0.294. The number of carbonyl (C=O) groups is 1. The molecule has 1 atom stereocenters. The summed E-state index contributed by atoms with van der Waals surface area (Å²) < 4.78 is 2.00. The average Bonchev–Trinajstić information content (AvgIpc) is 3.36. The van der Waals surface area contributed by atoms with Gasteiger partial charge in [0.2, 0.25) is 0 Å². The molecule has 1 amide bonds. The Morgan fingerprint density at radius 1 is 1.12 bits per heavy atom. The number of imidazole rings is 1. The first-order valence-corrected chi connectivity index (χ1v) is 7.99. The van der Waals surface area contributed by atoms with E-state index in [0.29, 0.717) is 6.54 Å². The van der Waals surface area contributed by atoms with E-state index in [1.54, 1.807) is 29.7 Å². The van der Waals surface area contributed by atoms with Crippen molar-refractivity contribution >= 4 is 5.91 Å². The normalized spacial score (nSPS) is 17.3. The Morgan fingerprint density at radius 2 is 1.92 bits per heavy atom. The van der Waals surface area contributed by atoms with Gasteiger partial charge in [-0.2, -0.15) is 15.0 Å². The maximum atomic E-state index is 12.7. The van der Waals surface area contributed by atoms with Crippen LogP contribution >= 0.6 is 0 Å². The van der Waals surface area contributed by atoms with Gasteiger partial charge in [0, 0.05) is 37.6 Å². The van der Waals surface area contributed by atoms with E-state index < -0.39 is 0 Å². The highest BCUT2D eigenvalue weighted by Gasteiger charge is 2.28. The molecule has 0 aliphatic carbocycles. The van der Waals surface area contributed by atoms with Crippen LogP contribution in [0.4, 0.5) is 0 Å². The number of aromatic nitrogens is 5. The number of nitrogens with zero attached hydrogens (tertiary/aromatic N) is 6. The van der Waals surface area contributed by atoms with Gasteiger partial charge >= 0.3 is 0 Å². The van der Waals surface area contributed by atoms with E-state index in [2.05, 4.69) is 15.2 Å². The number of hydrogen-bond donors (Lipinski definition) is 0. The molecule has 0 bridgehead atoms. The molecular weight excluding hydrogens is 304 g/mol. The van der Waals surface area contributed by atoms with Gasteiger partial charge in [-0.25, -0.2) is 4.98 Å². The van der Waals surface area contributed by atoms with Crippen molar-refractivity contribution in [1.82, 2.24) is 29.4 Å². The maximum Gasteiger partial charge on any atom is 0.253 e. The monoisotopic (exact) mass is 322 g/mol. The summed E-state index contributed by atoms with van der Waals surface area (Å²) in [5, 5.41) is 8.34. The van der Waals surface area contributed by atoms with Crippen molar-refractivity contribution in [3.63, 3.8) is 0 Å². The lowest BCUT2D eigenvalue weighted by molar-refractivity contribution is 0.0786. The molecule has 0 saturated carbocycles. The third-order valence-electron chi connectivity index (χ3n) is 4.34. The number of benzene rings is 1. The molecule has 1 aliphatic rings. The third kappa shape index (κ3) is 2.92. The van der Waals surface area contributed by atoms with Crippen molar-refractivity contribution in [1.29, 1.82) is 0 Å². The number of hydrogen-bond acceptors (Lipinski definition) is 4. The minimum atomic E-state index is 0.0684. The van der Waals surface area contributed by atoms with E-state index in [1.807, 2.05) is 39.9 Å². The van der Waals surface area contributed by atoms with Crippen molar-refractivity contribution < 1.29 is 4.79 Å². The first kappa shape index (κ1) is 14.6. The Kier molecular flexibility index (Phi) is 3.82. The third-order valence-corrected chi connectivity index (χ3v) is 4.34. The summed E-state index contributed by atoms with van der Waals surface area (Å²) >= 11 is 0. The standard InChI is InChI=1S/C17H18N6O/c24-17(22-9-5-16(12-22)23-19-6-7-20-23)15-3-1-14(2-4-15)11-21-10-8-18-13-21/h1-4,6-8,10,13,16H,5,9,11-12H2. The average molecular weight is 322 g/mol. The zero-order chi connectivity index (χ0) is 16.4. The van der Waals surface area contributed by atoms with Crippen molar-refractivity contribution in [3.8, 4) is 0 Å². The highest BCUT2D eigenvalue weighted by molar-refractivity contribution is 5.94. The highest BCUT2D eigenvalue weighted by atomic mass is 16.2. The van der Waals surface area contributed by atoms with E-state index in [9.17, 15) is 4.79 Å². The Balaban J connectivity index is 1.41. The maximum absolute atomic E-state index is 12.7. The van der Waals surface area contributed by atoms with Gasteiger partial charge in [-0.3, -0.25) is 4.79 Å². The molecule has 3 heterocycles. The molecule has 122 valence electrons. The summed E-state index contributed by atoms with van der Waals surface area (Å²) in [6, 6.07) is 7.96. The summed E-state index contributed by atoms with van der Waals surface area (Å²) in [5.74, 6) is 0.0684. The zero-order valence-corrected chi connectivity index (χ0v) is 13.2. The van der Waals surface area contributed by atoms with Crippen molar-refractivity contribution in [2.45, 2.75) is 19.0 Å². The molecule has 0 radical (unpaired) electrons. The van der Waals surface area contributed by atoms with Crippen LogP contribution in [0, 0.1) is 0 Å². The van der Waals surface area contributed by atoms with Crippen LogP contribution in [0.1, 0.15) is 28.4 Å². The van der Waals surface area contributed by atoms with Crippen molar-refractivity contribution in [2.24, 2.45) is 0 Å². The van der Waals surface area contributed by atoms with Crippen LogP contribution in [-0.2, 0) is 6.54 Å². The Hall–Kier alpha value is -2.96. The Bertz CT molecular complexity index is 794. The first-order chi connectivity index (χ1) is 11.8. The number of likely N-dealkylation sites (tertiary alicyclic amines) is 1. The molecule has 0 spiro atoms. The largest absolute Gasteiger partial charge is 0.336 e. The topological polar surface area (TPSA) is 68.8 Å². The van der Waals surface area contributed by atoms with Crippen LogP contribution in [0.5, 0.6) is 0 Å². The van der Waals surface area contributed by atoms with Gasteiger partial charge in [-0.05, 0) is 24.1 Å². The van der Waals surface area contributed by atoms with Gasteiger partial charge in [-0.1, -0.05) is 12.1 Å². The quantitative estimate of drug-likeness (QED) is 0.732. The summed E-state index contributed by atoms with van der Waals surface area (Å²) in [6.45, 7) is 2.15. The lowest BCUT2D eigenvalue weighted by atomic mass is 10.1. The molecule has 1 fully saturated rings. The summed E-state index contributed by atoms with van der Waals surface area (Å²) in [5.41, 5.74) is 1.86. The predicted molar refractivity (Wildman–Crippen MR) is 87.4 cm³/mol. The molecule has 1 unspecified atom stereocenters. The van der Waals surface area contributed by atoms with Gasteiger partial charge in [0.15, 0.2) is 0 Å². The second-order valence-corrected chi connectivity index (χ2v) is 5.98. The summed E-state index contributed by atoms with van der Waals surface area (Å²) in [7, 11) is 0. The van der Waals surface area contributed by atoms with Gasteiger partial charge in [0.25, 0.3) is 5.91 Å². The van der Waals surface area contributed by atoms with Gasteiger partial charge in [0.05, 0.1) is 24.8 Å². The highest BCUT2D eigenvalue weighted by Crippen LogP contribution is 2.21. The Labute approximate surface area is 139 Å². The Morgan fingerprint density at radius 3 is 2.62 bits per heavy atom. The van der Waals surface area contributed by atoms with Crippen molar-refractivity contribution in [3.05, 3.63) is 66.5 Å². The van der Waals surface area contributed by atoms with E-state index in [-0.39, 0.29) is 11.9 Å². The van der Waals surface area contributed by atoms with E-state index in [0.717, 1.165) is 30.6 Å². The molecule has 3 aromatic rings. The number of carbonyl (C=O) groups excluding carboxylic acids is 1. The molecule has 4 rings (SSSR count). The summed E-state index contributed by atoms with van der Waals surface area (Å²) in [4.78, 5) is 20.3. The van der Waals surface area contributed by atoms with Crippen LogP contribution < -0.4 is 0 Å². The fourth-order valence-corrected chi connectivity index (χ4v) is 3.06. The van der Waals surface area contributed by atoms with Gasteiger partial charge in [-0.15, -0.1) is 0 Å². The minimum Gasteiger partial charge on any atom is -0.336 e. The molecule has 2 aromatic heterocycles. The second kappa shape index (κ2) is 6.27. The minimum absolute atomic E-state index is 0.0684. The molecule has 1 aromatic carbocycles. The molecule has 1 aliphatic heterocycles. The molecule has 7 nitrogen and oxygen atoms in total. The molecule has 1 saturated heterocycles. The van der Waals surface area contributed by atoms with Gasteiger partial charge < -0.3 is 9.47 Å². The molecule has 7 heteroatoms. The van der Waals surface area contributed by atoms with Crippen LogP contribution in [0.3, 0.4) is 0 Å². The van der Waals surface area contributed by atoms with Crippen LogP contribution in [0.2, 0.25) is 0 Å². The van der Waals surface area contributed by atoms with E-state index in [4.69, 9.17) is 0 Å². The first-order valence-electron chi connectivity index (χ1n) is 7.99. The predicted octanol–water partition coefficient (Wildman–Crippen LogP) is 1.61. The SMILES string of the molecule is O=C(c1ccc(Cn2ccnc2)cc1)N1CCC(n2nccn2)C1. The lowest BCUT2D eigenvalue weighted by Crippen LogP contribution is -2.29. The van der Waals surface area contributed by atoms with E-state index in [1.165, 1.54) is 0 Å². The van der Waals surface area contributed by atoms with Crippen LogP contribution in [-0.4, -0.2) is 48.4 Å². The summed E-state index contributed by atoms with van der Waals surface area (Å²) in [6.07, 6.45) is 9.70. The smallest absolute Gasteiger partial charge is 0.253 e.